The SMILES string of the molecule is CCn1c(C(=O)c2cc(C)cc(C#N)c2)c(C(C)C)c(=O)n(COC(=O)C(C)N)c1=O. The number of benzene rings is 1. The number of aryl methyl sites for hydroxylation is 1. The van der Waals surface area contributed by atoms with Crippen molar-refractivity contribution in [1.82, 2.24) is 9.13 Å². The fourth-order valence-corrected chi connectivity index (χ4v) is 3.27. The van der Waals surface area contributed by atoms with Crippen LogP contribution in [0.5, 0.6) is 0 Å². The van der Waals surface area contributed by atoms with Gasteiger partial charge in [0.1, 0.15) is 11.7 Å². The number of esters is 1. The molecule has 1 aromatic carbocycles. The summed E-state index contributed by atoms with van der Waals surface area (Å²) in [6, 6.07) is 5.76. The Balaban J connectivity index is 2.77. The first-order valence-corrected chi connectivity index (χ1v) is 9.89. The molecule has 0 saturated carbocycles. The van der Waals surface area contributed by atoms with Crippen LogP contribution in [-0.4, -0.2) is 26.9 Å². The van der Waals surface area contributed by atoms with Crippen LogP contribution in [0.3, 0.4) is 0 Å². The summed E-state index contributed by atoms with van der Waals surface area (Å²) in [5, 5.41) is 9.23. The highest BCUT2D eigenvalue weighted by Gasteiger charge is 2.27. The Hall–Kier alpha value is -3.51. The summed E-state index contributed by atoms with van der Waals surface area (Å²) in [5.41, 5.74) is 5.29. The van der Waals surface area contributed by atoms with E-state index in [-0.39, 0.29) is 23.4 Å². The second-order valence-electron chi connectivity index (χ2n) is 7.59. The minimum Gasteiger partial charge on any atom is -0.442 e. The van der Waals surface area contributed by atoms with Crippen molar-refractivity contribution in [3.8, 4) is 6.07 Å². The summed E-state index contributed by atoms with van der Waals surface area (Å²) >= 11 is 0. The molecular formula is C22H26N4O5. The number of hydrogen-bond acceptors (Lipinski definition) is 7. The van der Waals surface area contributed by atoms with Gasteiger partial charge in [-0.3, -0.25) is 19.0 Å². The van der Waals surface area contributed by atoms with Crippen molar-refractivity contribution in [3.05, 3.63) is 67.0 Å². The molecule has 0 spiro atoms. The standard InChI is InChI=1S/C22H26N4O5/c1-6-25-18(19(27)16-8-13(4)7-15(9-16)10-23)17(12(2)3)20(28)26(22(25)30)11-31-21(29)14(5)24/h7-9,12,14H,6,11,24H2,1-5H3. The summed E-state index contributed by atoms with van der Waals surface area (Å²) in [6.07, 6.45) is 0. The molecule has 2 aromatic rings. The summed E-state index contributed by atoms with van der Waals surface area (Å²) in [4.78, 5) is 51.3. The summed E-state index contributed by atoms with van der Waals surface area (Å²) < 4.78 is 6.95. The van der Waals surface area contributed by atoms with Crippen molar-refractivity contribution in [1.29, 1.82) is 5.26 Å². The zero-order chi connectivity index (χ0) is 23.5. The van der Waals surface area contributed by atoms with Crippen molar-refractivity contribution in [2.45, 2.75) is 59.9 Å². The molecule has 9 heteroatoms. The van der Waals surface area contributed by atoms with Gasteiger partial charge in [-0.05, 0) is 50.5 Å². The van der Waals surface area contributed by atoms with E-state index in [0.29, 0.717) is 11.1 Å². The van der Waals surface area contributed by atoms with E-state index >= 15 is 0 Å². The van der Waals surface area contributed by atoms with Gasteiger partial charge in [-0.1, -0.05) is 13.8 Å². The van der Waals surface area contributed by atoms with Crippen molar-refractivity contribution in [3.63, 3.8) is 0 Å². The van der Waals surface area contributed by atoms with E-state index in [9.17, 15) is 24.4 Å². The van der Waals surface area contributed by atoms with Gasteiger partial charge in [0.05, 0.1) is 11.6 Å². The van der Waals surface area contributed by atoms with Gasteiger partial charge in [-0.15, -0.1) is 0 Å². The van der Waals surface area contributed by atoms with Gasteiger partial charge >= 0.3 is 11.7 Å². The average Bonchev–Trinajstić information content (AvgIpc) is 2.71. The largest absolute Gasteiger partial charge is 0.442 e. The number of carbonyl (C=O) groups is 2. The van der Waals surface area contributed by atoms with E-state index in [1.54, 1.807) is 39.8 Å². The predicted molar refractivity (Wildman–Crippen MR) is 114 cm³/mol. The Morgan fingerprint density at radius 2 is 1.81 bits per heavy atom. The first-order valence-electron chi connectivity index (χ1n) is 9.89. The van der Waals surface area contributed by atoms with E-state index in [1.165, 1.54) is 17.6 Å². The molecule has 0 aliphatic rings. The molecule has 1 atom stereocenters. The summed E-state index contributed by atoms with van der Waals surface area (Å²) in [7, 11) is 0. The molecule has 0 amide bonds. The Morgan fingerprint density at radius 1 is 1.16 bits per heavy atom. The molecule has 164 valence electrons. The van der Waals surface area contributed by atoms with Crippen LogP contribution < -0.4 is 17.0 Å². The monoisotopic (exact) mass is 426 g/mol. The molecule has 2 rings (SSSR count). The molecule has 1 unspecified atom stereocenters. The van der Waals surface area contributed by atoms with Gasteiger partial charge in [0.2, 0.25) is 5.78 Å². The third-order valence-corrected chi connectivity index (χ3v) is 4.75. The Labute approximate surface area is 179 Å². The quantitative estimate of drug-likeness (QED) is 0.522. The second-order valence-corrected chi connectivity index (χ2v) is 7.59. The molecule has 0 saturated heterocycles. The fraction of sp³-hybridized carbons (Fsp3) is 0.409. The highest BCUT2D eigenvalue weighted by molar-refractivity contribution is 6.09. The van der Waals surface area contributed by atoms with Crippen molar-refractivity contribution in [2.75, 3.05) is 0 Å². The first-order chi connectivity index (χ1) is 14.5. The summed E-state index contributed by atoms with van der Waals surface area (Å²) in [5.74, 6) is -1.69. The normalized spacial score (nSPS) is 11.8. The lowest BCUT2D eigenvalue weighted by Gasteiger charge is -2.20. The number of nitriles is 1. The number of rotatable bonds is 7. The van der Waals surface area contributed by atoms with Crippen LogP contribution in [-0.2, 0) is 22.8 Å². The van der Waals surface area contributed by atoms with E-state index in [1.807, 2.05) is 6.07 Å². The third-order valence-electron chi connectivity index (χ3n) is 4.75. The fourth-order valence-electron chi connectivity index (χ4n) is 3.27. The predicted octanol–water partition coefficient (Wildman–Crippen LogP) is 1.41. The van der Waals surface area contributed by atoms with E-state index in [4.69, 9.17) is 10.5 Å². The molecule has 0 fully saturated rings. The third kappa shape index (κ3) is 4.81. The molecule has 2 N–H and O–H groups in total. The average molecular weight is 426 g/mol. The Bertz CT molecular complexity index is 1180. The van der Waals surface area contributed by atoms with E-state index in [2.05, 4.69) is 0 Å². The molecule has 0 radical (unpaired) electrons. The van der Waals surface area contributed by atoms with E-state index in [0.717, 1.165) is 4.57 Å². The number of carbonyl (C=O) groups excluding carboxylic acids is 2. The zero-order valence-electron chi connectivity index (χ0n) is 18.3. The van der Waals surface area contributed by atoms with Gasteiger partial charge in [0, 0.05) is 17.7 Å². The Kier molecular flexibility index (Phi) is 7.31. The van der Waals surface area contributed by atoms with Gasteiger partial charge < -0.3 is 10.5 Å². The molecule has 1 aromatic heterocycles. The molecular weight excluding hydrogens is 400 g/mol. The molecule has 1 heterocycles. The lowest BCUT2D eigenvalue weighted by atomic mass is 9.95. The summed E-state index contributed by atoms with van der Waals surface area (Å²) in [6.45, 7) is 7.81. The lowest BCUT2D eigenvalue weighted by Crippen LogP contribution is -2.46. The number of hydrogen-bond donors (Lipinski definition) is 1. The van der Waals surface area contributed by atoms with Crippen LogP contribution in [0, 0.1) is 18.3 Å². The van der Waals surface area contributed by atoms with Crippen molar-refractivity contribution < 1.29 is 14.3 Å². The molecule has 31 heavy (non-hydrogen) atoms. The Morgan fingerprint density at radius 3 is 2.32 bits per heavy atom. The first kappa shape index (κ1) is 23.8. The maximum absolute atomic E-state index is 13.4. The molecule has 0 bridgehead atoms. The van der Waals surface area contributed by atoms with Gasteiger partial charge in [0.25, 0.3) is 5.56 Å². The minimum atomic E-state index is -0.912. The molecule has 0 aliphatic carbocycles. The van der Waals surface area contributed by atoms with Gasteiger partial charge in [0.15, 0.2) is 6.73 Å². The number of nitrogens with zero attached hydrogens (tertiary/aromatic N) is 3. The van der Waals surface area contributed by atoms with Crippen molar-refractivity contribution >= 4 is 11.8 Å². The van der Waals surface area contributed by atoms with Crippen LogP contribution in [0.25, 0.3) is 0 Å². The molecule has 9 nitrogen and oxygen atoms in total. The highest BCUT2D eigenvalue weighted by atomic mass is 16.5. The highest BCUT2D eigenvalue weighted by Crippen LogP contribution is 2.20. The van der Waals surface area contributed by atoms with Gasteiger partial charge in [-0.2, -0.15) is 5.26 Å². The number of nitrogens with two attached hydrogens (primary N) is 1. The van der Waals surface area contributed by atoms with Crippen molar-refractivity contribution in [2.24, 2.45) is 5.73 Å². The smallest absolute Gasteiger partial charge is 0.334 e. The molecule has 0 aliphatic heterocycles. The minimum absolute atomic E-state index is 0.0308. The van der Waals surface area contributed by atoms with Gasteiger partial charge in [-0.25, -0.2) is 9.36 Å². The zero-order valence-corrected chi connectivity index (χ0v) is 18.3. The number of ketones is 1. The van der Waals surface area contributed by atoms with Crippen LogP contribution in [0.15, 0.2) is 27.8 Å². The van der Waals surface area contributed by atoms with Crippen LogP contribution >= 0.6 is 0 Å². The van der Waals surface area contributed by atoms with Crippen LogP contribution in [0.1, 0.15) is 66.4 Å². The topological polar surface area (TPSA) is 137 Å². The number of ether oxygens (including phenoxy) is 1. The van der Waals surface area contributed by atoms with E-state index < -0.39 is 41.7 Å². The number of aromatic nitrogens is 2. The maximum Gasteiger partial charge on any atom is 0.334 e. The maximum atomic E-state index is 13.4. The second kappa shape index (κ2) is 9.53. The van der Waals surface area contributed by atoms with Crippen LogP contribution in [0.4, 0.5) is 0 Å². The lowest BCUT2D eigenvalue weighted by molar-refractivity contribution is -0.148. The van der Waals surface area contributed by atoms with Crippen LogP contribution in [0.2, 0.25) is 0 Å².